The molecule has 1 aromatic heterocycles. The van der Waals surface area contributed by atoms with Crippen molar-refractivity contribution >= 4 is 16.5 Å². The fourth-order valence-electron chi connectivity index (χ4n) is 2.98. The molecule has 2 unspecified atom stereocenters. The lowest BCUT2D eigenvalue weighted by molar-refractivity contribution is 0.280. The average molecular weight is 267 g/mol. The summed E-state index contributed by atoms with van der Waals surface area (Å²) in [6.07, 6.45) is 4.94. The minimum Gasteiger partial charge on any atom is -0.357 e. The average Bonchev–Trinajstić information content (AvgIpc) is 2.62. The number of nitrogens with zero attached hydrogens (tertiary/aromatic N) is 2. The Labute approximate surface area is 114 Å². The monoisotopic (exact) mass is 267 g/mol. The van der Waals surface area contributed by atoms with Crippen LogP contribution in [-0.2, 0) is 6.42 Å². The molecule has 0 amide bonds. The number of hydrogen-bond acceptors (Lipinski definition) is 4. The Morgan fingerprint density at radius 1 is 1.17 bits per heavy atom. The van der Waals surface area contributed by atoms with Gasteiger partial charge in [-0.15, -0.1) is 10.2 Å². The van der Waals surface area contributed by atoms with E-state index in [1.807, 2.05) is 0 Å². The fourth-order valence-corrected chi connectivity index (χ4v) is 4.01. The summed E-state index contributed by atoms with van der Waals surface area (Å²) in [6, 6.07) is 0.587. The number of anilines is 1. The first kappa shape index (κ1) is 13.8. The zero-order valence-corrected chi connectivity index (χ0v) is 12.8. The molecule has 2 atom stereocenters. The Morgan fingerprint density at radius 2 is 1.83 bits per heavy atom. The molecule has 1 heterocycles. The summed E-state index contributed by atoms with van der Waals surface area (Å²) in [4.78, 5) is 0. The maximum Gasteiger partial charge on any atom is 0.205 e. The number of hydrogen-bond donors (Lipinski definition) is 1. The predicted molar refractivity (Wildman–Crippen MR) is 78.0 cm³/mol. The third-order valence-corrected chi connectivity index (χ3v) is 4.43. The van der Waals surface area contributed by atoms with E-state index in [9.17, 15) is 0 Å². The van der Waals surface area contributed by atoms with Crippen LogP contribution in [0.5, 0.6) is 0 Å². The van der Waals surface area contributed by atoms with Crippen LogP contribution in [0.4, 0.5) is 5.13 Å². The third-order valence-electron chi connectivity index (χ3n) is 3.56. The molecule has 2 rings (SSSR count). The quantitative estimate of drug-likeness (QED) is 0.897. The van der Waals surface area contributed by atoms with Gasteiger partial charge < -0.3 is 5.32 Å². The van der Waals surface area contributed by atoms with E-state index in [2.05, 4.69) is 43.2 Å². The van der Waals surface area contributed by atoms with Crippen molar-refractivity contribution in [1.82, 2.24) is 10.2 Å². The van der Waals surface area contributed by atoms with E-state index < -0.39 is 0 Å². The first-order chi connectivity index (χ1) is 8.52. The fraction of sp³-hybridized carbons (Fsp3) is 0.857. The van der Waals surface area contributed by atoms with Crippen LogP contribution < -0.4 is 5.32 Å². The lowest BCUT2D eigenvalue weighted by Gasteiger charge is -2.31. The van der Waals surface area contributed by atoms with Gasteiger partial charge in [-0.2, -0.15) is 0 Å². The summed E-state index contributed by atoms with van der Waals surface area (Å²) in [6.45, 7) is 9.15. The second-order valence-electron chi connectivity index (χ2n) is 6.36. The summed E-state index contributed by atoms with van der Waals surface area (Å²) in [7, 11) is 0. The van der Waals surface area contributed by atoms with Crippen LogP contribution in [0.2, 0.25) is 0 Å². The number of rotatable bonds is 4. The molecule has 1 aromatic rings. The van der Waals surface area contributed by atoms with Gasteiger partial charge in [0.25, 0.3) is 0 Å². The standard InChI is InChI=1S/C14H25N3S/c1-9(2)5-13-16-17-14(18-13)15-12-7-10(3)6-11(4)8-12/h9-12H,5-8H2,1-4H3,(H,15,17). The Morgan fingerprint density at radius 3 is 2.44 bits per heavy atom. The Balaban J connectivity index is 1.90. The van der Waals surface area contributed by atoms with E-state index in [0.29, 0.717) is 12.0 Å². The van der Waals surface area contributed by atoms with Crippen LogP contribution in [0.3, 0.4) is 0 Å². The van der Waals surface area contributed by atoms with Gasteiger partial charge >= 0.3 is 0 Å². The smallest absolute Gasteiger partial charge is 0.205 e. The molecule has 1 aliphatic carbocycles. The molecule has 1 fully saturated rings. The van der Waals surface area contributed by atoms with E-state index in [1.165, 1.54) is 19.3 Å². The van der Waals surface area contributed by atoms with Gasteiger partial charge in [0.15, 0.2) is 0 Å². The van der Waals surface area contributed by atoms with Crippen molar-refractivity contribution in [2.45, 2.75) is 59.4 Å². The molecule has 0 aliphatic heterocycles. The molecule has 0 bridgehead atoms. The molecule has 102 valence electrons. The van der Waals surface area contributed by atoms with Gasteiger partial charge in [-0.1, -0.05) is 39.0 Å². The highest BCUT2D eigenvalue weighted by molar-refractivity contribution is 7.15. The molecular weight excluding hydrogens is 242 g/mol. The van der Waals surface area contributed by atoms with Crippen molar-refractivity contribution in [3.8, 4) is 0 Å². The topological polar surface area (TPSA) is 37.8 Å². The second-order valence-corrected chi connectivity index (χ2v) is 7.42. The molecule has 4 heteroatoms. The molecule has 18 heavy (non-hydrogen) atoms. The summed E-state index contributed by atoms with van der Waals surface area (Å²) < 4.78 is 0. The Hall–Kier alpha value is -0.640. The van der Waals surface area contributed by atoms with Crippen LogP contribution in [0.25, 0.3) is 0 Å². The summed E-state index contributed by atoms with van der Waals surface area (Å²) in [5.41, 5.74) is 0. The van der Waals surface area contributed by atoms with Gasteiger partial charge in [0.05, 0.1) is 0 Å². The molecule has 0 radical (unpaired) electrons. The molecule has 0 spiro atoms. The zero-order valence-electron chi connectivity index (χ0n) is 11.9. The van der Waals surface area contributed by atoms with Crippen LogP contribution in [0, 0.1) is 17.8 Å². The number of aromatic nitrogens is 2. The normalized spacial score (nSPS) is 28.6. The highest BCUT2D eigenvalue weighted by atomic mass is 32.1. The molecule has 0 saturated heterocycles. The summed E-state index contributed by atoms with van der Waals surface area (Å²) in [5, 5.41) is 14.3. The van der Waals surface area contributed by atoms with Crippen molar-refractivity contribution in [1.29, 1.82) is 0 Å². The number of nitrogens with one attached hydrogen (secondary N) is 1. The maximum absolute atomic E-state index is 4.27. The predicted octanol–water partition coefficient (Wildman–Crippen LogP) is 3.97. The minimum absolute atomic E-state index is 0.587. The Bertz CT molecular complexity index is 365. The van der Waals surface area contributed by atoms with Crippen LogP contribution in [-0.4, -0.2) is 16.2 Å². The van der Waals surface area contributed by atoms with Gasteiger partial charge in [-0.05, 0) is 37.0 Å². The van der Waals surface area contributed by atoms with Gasteiger partial charge in [-0.25, -0.2) is 0 Å². The van der Waals surface area contributed by atoms with E-state index >= 15 is 0 Å². The first-order valence-corrected chi connectivity index (χ1v) is 7.93. The SMILES string of the molecule is CC(C)Cc1nnc(NC2CC(C)CC(C)C2)s1. The highest BCUT2D eigenvalue weighted by Gasteiger charge is 2.24. The van der Waals surface area contributed by atoms with Crippen molar-refractivity contribution in [2.75, 3.05) is 5.32 Å². The van der Waals surface area contributed by atoms with Crippen LogP contribution in [0.15, 0.2) is 0 Å². The largest absolute Gasteiger partial charge is 0.357 e. The maximum atomic E-state index is 4.27. The van der Waals surface area contributed by atoms with Crippen molar-refractivity contribution in [3.63, 3.8) is 0 Å². The molecule has 0 aromatic carbocycles. The third kappa shape index (κ3) is 3.94. The summed E-state index contributed by atoms with van der Waals surface area (Å²) in [5.74, 6) is 2.31. The highest BCUT2D eigenvalue weighted by Crippen LogP contribution is 2.31. The van der Waals surface area contributed by atoms with E-state index in [4.69, 9.17) is 0 Å². The molecule has 1 N–H and O–H groups in total. The van der Waals surface area contributed by atoms with Gasteiger partial charge in [0.2, 0.25) is 5.13 Å². The Kier molecular flexibility index (Phi) is 4.60. The van der Waals surface area contributed by atoms with Gasteiger partial charge in [0, 0.05) is 12.5 Å². The second kappa shape index (κ2) is 6.00. The van der Waals surface area contributed by atoms with Crippen LogP contribution >= 0.6 is 11.3 Å². The van der Waals surface area contributed by atoms with Gasteiger partial charge in [-0.3, -0.25) is 0 Å². The molecule has 1 saturated carbocycles. The van der Waals surface area contributed by atoms with E-state index in [1.54, 1.807) is 11.3 Å². The van der Waals surface area contributed by atoms with Crippen molar-refractivity contribution < 1.29 is 0 Å². The lowest BCUT2D eigenvalue weighted by Crippen LogP contribution is -2.30. The molecule has 3 nitrogen and oxygen atoms in total. The van der Waals surface area contributed by atoms with E-state index in [0.717, 1.165) is 28.4 Å². The van der Waals surface area contributed by atoms with Crippen molar-refractivity contribution in [2.24, 2.45) is 17.8 Å². The summed E-state index contributed by atoms with van der Waals surface area (Å²) >= 11 is 1.72. The molecular formula is C14H25N3S. The molecule has 1 aliphatic rings. The van der Waals surface area contributed by atoms with Crippen molar-refractivity contribution in [3.05, 3.63) is 5.01 Å². The van der Waals surface area contributed by atoms with Gasteiger partial charge in [0.1, 0.15) is 5.01 Å². The van der Waals surface area contributed by atoms with E-state index in [-0.39, 0.29) is 0 Å². The van der Waals surface area contributed by atoms with Crippen LogP contribution in [0.1, 0.15) is 52.0 Å². The first-order valence-electron chi connectivity index (χ1n) is 7.11. The zero-order chi connectivity index (χ0) is 13.1. The lowest BCUT2D eigenvalue weighted by atomic mass is 9.80. The minimum atomic E-state index is 0.587.